The van der Waals surface area contributed by atoms with Crippen LogP contribution < -0.4 is 4.74 Å². The predicted molar refractivity (Wildman–Crippen MR) is 75.7 cm³/mol. The molecule has 1 aromatic rings. The Bertz CT molecular complexity index is 450. The van der Waals surface area contributed by atoms with Gasteiger partial charge in [-0.2, -0.15) is 0 Å². The van der Waals surface area contributed by atoms with E-state index in [2.05, 4.69) is 0 Å². The summed E-state index contributed by atoms with van der Waals surface area (Å²) in [5.74, 6) is -0.676. The summed E-state index contributed by atoms with van der Waals surface area (Å²) in [7, 11) is 0. The fourth-order valence-corrected chi connectivity index (χ4v) is 2.29. The molecular weight excluding hydrogens is 264 g/mol. The van der Waals surface area contributed by atoms with E-state index >= 15 is 0 Å². The van der Waals surface area contributed by atoms with Crippen molar-refractivity contribution in [2.24, 2.45) is 5.92 Å². The lowest BCUT2D eigenvalue weighted by atomic mass is 10.1. The average Bonchev–Trinajstić information content (AvgIpc) is 2.31. The third kappa shape index (κ3) is 4.95. The van der Waals surface area contributed by atoms with Gasteiger partial charge in [-0.1, -0.05) is 30.0 Å². The molecule has 4 nitrogen and oxygen atoms in total. The number of hydrogen-bond donors (Lipinski definition) is 1. The van der Waals surface area contributed by atoms with E-state index in [-0.39, 0.29) is 17.5 Å². The van der Waals surface area contributed by atoms with Gasteiger partial charge >= 0.3 is 5.97 Å². The zero-order valence-corrected chi connectivity index (χ0v) is 12.1. The first-order valence-corrected chi connectivity index (χ1v) is 6.95. The van der Waals surface area contributed by atoms with E-state index in [9.17, 15) is 9.59 Å². The highest BCUT2D eigenvalue weighted by atomic mass is 32.2. The van der Waals surface area contributed by atoms with Gasteiger partial charge in [-0.15, -0.1) is 0 Å². The topological polar surface area (TPSA) is 63.6 Å². The summed E-state index contributed by atoms with van der Waals surface area (Å²) in [6, 6.07) is 5.77. The molecular formula is C14H18O4S. The second-order valence-electron chi connectivity index (χ2n) is 4.37. The van der Waals surface area contributed by atoms with Gasteiger partial charge < -0.3 is 9.84 Å². The maximum absolute atomic E-state index is 11.1. The molecule has 0 radical (unpaired) electrons. The Morgan fingerprint density at radius 3 is 2.37 bits per heavy atom. The molecule has 0 heterocycles. The van der Waals surface area contributed by atoms with Crippen LogP contribution in [0.25, 0.3) is 0 Å². The summed E-state index contributed by atoms with van der Waals surface area (Å²) in [6.45, 7) is 5.34. The van der Waals surface area contributed by atoms with Crippen LogP contribution in [0, 0.1) is 19.8 Å². The standard InChI is InChI=1S/C14H18O4S/c1-9-5-4-6-10(2)13(9)18-7-12(14(16)17)8-19-11(3)15/h4-6,12H,7-8H2,1-3H3,(H,16,17). The van der Waals surface area contributed by atoms with Crippen molar-refractivity contribution >= 4 is 22.8 Å². The number of benzene rings is 1. The van der Waals surface area contributed by atoms with Crippen LogP contribution in [0.15, 0.2) is 18.2 Å². The average molecular weight is 282 g/mol. The van der Waals surface area contributed by atoms with Crippen LogP contribution in [0.2, 0.25) is 0 Å². The predicted octanol–water partition coefficient (Wildman–Crippen LogP) is 2.66. The Hall–Kier alpha value is -1.49. The molecule has 0 spiro atoms. The van der Waals surface area contributed by atoms with Crippen LogP contribution in [-0.2, 0) is 9.59 Å². The minimum Gasteiger partial charge on any atom is -0.492 e. The molecule has 1 atom stereocenters. The summed E-state index contributed by atoms with van der Waals surface area (Å²) in [6.07, 6.45) is 0. The summed E-state index contributed by atoms with van der Waals surface area (Å²) in [4.78, 5) is 22.0. The monoisotopic (exact) mass is 282 g/mol. The fraction of sp³-hybridized carbons (Fsp3) is 0.429. The maximum Gasteiger partial charge on any atom is 0.310 e. The number of carboxylic acids is 1. The number of thioether (sulfide) groups is 1. The first kappa shape index (κ1) is 15.6. The highest BCUT2D eigenvalue weighted by molar-refractivity contribution is 8.13. The summed E-state index contributed by atoms with van der Waals surface area (Å²) < 4.78 is 5.62. The summed E-state index contributed by atoms with van der Waals surface area (Å²) >= 11 is 1.01. The lowest BCUT2D eigenvalue weighted by molar-refractivity contribution is -0.141. The van der Waals surface area contributed by atoms with E-state index in [1.54, 1.807) is 0 Å². The van der Waals surface area contributed by atoms with Crippen LogP contribution in [-0.4, -0.2) is 28.6 Å². The number of aryl methyl sites for hydroxylation is 2. The number of aliphatic carboxylic acids is 1. The number of carbonyl (C=O) groups is 2. The normalized spacial score (nSPS) is 11.9. The van der Waals surface area contributed by atoms with Gasteiger partial charge in [0.1, 0.15) is 18.3 Å². The second kappa shape index (κ2) is 7.19. The van der Waals surface area contributed by atoms with Gasteiger partial charge in [-0.3, -0.25) is 9.59 Å². The molecule has 0 bridgehead atoms. The van der Waals surface area contributed by atoms with Crippen molar-refractivity contribution in [3.05, 3.63) is 29.3 Å². The van der Waals surface area contributed by atoms with Crippen molar-refractivity contribution in [1.29, 1.82) is 0 Å². The molecule has 0 fully saturated rings. The Morgan fingerprint density at radius 1 is 1.32 bits per heavy atom. The van der Waals surface area contributed by atoms with Crippen molar-refractivity contribution in [3.63, 3.8) is 0 Å². The van der Waals surface area contributed by atoms with E-state index in [1.807, 2.05) is 32.0 Å². The molecule has 104 valence electrons. The van der Waals surface area contributed by atoms with Crippen LogP contribution >= 0.6 is 11.8 Å². The van der Waals surface area contributed by atoms with Crippen molar-refractivity contribution in [3.8, 4) is 5.75 Å². The van der Waals surface area contributed by atoms with Crippen LogP contribution in [0.3, 0.4) is 0 Å². The molecule has 0 saturated carbocycles. The molecule has 1 rings (SSSR count). The zero-order chi connectivity index (χ0) is 14.4. The third-order valence-corrected chi connectivity index (χ3v) is 3.65. The minimum absolute atomic E-state index is 0.0707. The molecule has 0 aliphatic rings. The molecule has 1 unspecified atom stereocenters. The second-order valence-corrected chi connectivity index (χ2v) is 5.57. The van der Waals surface area contributed by atoms with Crippen molar-refractivity contribution in [2.45, 2.75) is 20.8 Å². The van der Waals surface area contributed by atoms with E-state index in [0.29, 0.717) is 0 Å². The van der Waals surface area contributed by atoms with E-state index in [4.69, 9.17) is 9.84 Å². The molecule has 0 amide bonds. The fourth-order valence-electron chi connectivity index (χ4n) is 1.62. The van der Waals surface area contributed by atoms with Crippen LogP contribution in [0.5, 0.6) is 5.75 Å². The van der Waals surface area contributed by atoms with E-state index in [0.717, 1.165) is 28.6 Å². The molecule has 19 heavy (non-hydrogen) atoms. The number of carboxylic acid groups (broad SMARTS) is 1. The van der Waals surface area contributed by atoms with Gasteiger partial charge in [0.2, 0.25) is 0 Å². The van der Waals surface area contributed by atoms with Crippen molar-refractivity contribution < 1.29 is 19.4 Å². The van der Waals surface area contributed by atoms with Crippen molar-refractivity contribution in [2.75, 3.05) is 12.4 Å². The van der Waals surface area contributed by atoms with Gasteiger partial charge in [-0.05, 0) is 25.0 Å². The molecule has 0 aliphatic carbocycles. The summed E-state index contributed by atoms with van der Waals surface area (Å²) in [5.41, 5.74) is 1.95. The number of rotatable bonds is 6. The van der Waals surface area contributed by atoms with Gasteiger partial charge in [0.05, 0.1) is 0 Å². The molecule has 0 aromatic heterocycles. The Morgan fingerprint density at radius 2 is 1.89 bits per heavy atom. The maximum atomic E-state index is 11.1. The summed E-state index contributed by atoms with van der Waals surface area (Å²) in [5, 5.41) is 9.01. The first-order chi connectivity index (χ1) is 8.91. The minimum atomic E-state index is -0.944. The van der Waals surface area contributed by atoms with Gasteiger partial charge in [0.15, 0.2) is 5.12 Å². The Kier molecular flexibility index (Phi) is 5.89. The van der Waals surface area contributed by atoms with Gasteiger partial charge in [0.25, 0.3) is 0 Å². The van der Waals surface area contributed by atoms with E-state index < -0.39 is 11.9 Å². The van der Waals surface area contributed by atoms with Crippen molar-refractivity contribution in [1.82, 2.24) is 0 Å². The van der Waals surface area contributed by atoms with Crippen LogP contribution in [0.4, 0.5) is 0 Å². The Balaban J connectivity index is 2.66. The molecule has 1 N–H and O–H groups in total. The molecule has 5 heteroatoms. The lowest BCUT2D eigenvalue weighted by Crippen LogP contribution is -2.24. The van der Waals surface area contributed by atoms with Gasteiger partial charge in [-0.25, -0.2) is 0 Å². The smallest absolute Gasteiger partial charge is 0.310 e. The number of hydrogen-bond acceptors (Lipinski definition) is 4. The Labute approximate surface area is 117 Å². The number of carbonyl (C=O) groups excluding carboxylic acids is 1. The number of para-hydroxylation sites is 1. The number of ether oxygens (including phenoxy) is 1. The molecule has 0 saturated heterocycles. The largest absolute Gasteiger partial charge is 0.492 e. The molecule has 1 aromatic carbocycles. The SMILES string of the molecule is CC(=O)SCC(COc1c(C)cccc1C)C(=O)O. The highest BCUT2D eigenvalue weighted by Gasteiger charge is 2.20. The lowest BCUT2D eigenvalue weighted by Gasteiger charge is -2.15. The van der Waals surface area contributed by atoms with Gasteiger partial charge in [0, 0.05) is 12.7 Å². The highest BCUT2D eigenvalue weighted by Crippen LogP contribution is 2.23. The van der Waals surface area contributed by atoms with E-state index in [1.165, 1.54) is 6.92 Å². The third-order valence-electron chi connectivity index (χ3n) is 2.67. The quantitative estimate of drug-likeness (QED) is 0.869. The first-order valence-electron chi connectivity index (χ1n) is 5.97. The van der Waals surface area contributed by atoms with Crippen LogP contribution in [0.1, 0.15) is 18.1 Å². The molecule has 0 aliphatic heterocycles. The zero-order valence-electron chi connectivity index (χ0n) is 11.3.